The molecule has 1 unspecified atom stereocenters. The number of nitrogens with zero attached hydrogens (tertiary/aromatic N) is 2. The second-order valence-corrected chi connectivity index (χ2v) is 8.75. The molecule has 0 aliphatic rings. The zero-order valence-electron chi connectivity index (χ0n) is 20.3. The Morgan fingerprint density at radius 1 is 1.00 bits per heavy atom. The van der Waals surface area contributed by atoms with Gasteiger partial charge < -0.3 is 25.7 Å². The van der Waals surface area contributed by atoms with E-state index in [-0.39, 0.29) is 23.7 Å². The molecular weight excluding hydrogens is 462 g/mol. The topological polar surface area (TPSA) is 148 Å². The van der Waals surface area contributed by atoms with Crippen molar-refractivity contribution in [1.29, 1.82) is 0 Å². The van der Waals surface area contributed by atoms with E-state index >= 15 is 0 Å². The predicted molar refractivity (Wildman–Crippen MR) is 135 cm³/mol. The van der Waals surface area contributed by atoms with Gasteiger partial charge in [-0.15, -0.1) is 0 Å². The van der Waals surface area contributed by atoms with Gasteiger partial charge in [-0.05, 0) is 37.2 Å². The number of aliphatic carboxylic acids is 1. The normalized spacial score (nSPS) is 12.7. The molecule has 1 heterocycles. The standard InChI is InChI=1S/C26H31N5O5/c1-31(2)13-12-27-24(33)21-16-22(30-29-21)25(34)28-20(15-23(32)26(35)36)14-17-8-10-19(11-9-17)18-6-4-3-5-7-18/h3-11,16,20,23,32H,12-15H2,1-2H3,(H,27,33)(H,28,34)(H,29,30)(H,35,36)/t20?,23-/m1/s1. The van der Waals surface area contributed by atoms with Crippen molar-refractivity contribution in [1.82, 2.24) is 25.7 Å². The van der Waals surface area contributed by atoms with Crippen molar-refractivity contribution in [3.05, 3.63) is 77.6 Å². The molecule has 2 atom stereocenters. The Hall–Kier alpha value is -4.02. The molecule has 10 nitrogen and oxygen atoms in total. The largest absolute Gasteiger partial charge is 0.479 e. The van der Waals surface area contributed by atoms with Gasteiger partial charge in [-0.25, -0.2) is 4.79 Å². The van der Waals surface area contributed by atoms with Crippen LogP contribution in [0.25, 0.3) is 11.1 Å². The van der Waals surface area contributed by atoms with Crippen LogP contribution in [-0.2, 0) is 11.2 Å². The summed E-state index contributed by atoms with van der Waals surface area (Å²) in [4.78, 5) is 38.2. The van der Waals surface area contributed by atoms with Gasteiger partial charge in [-0.2, -0.15) is 5.10 Å². The lowest BCUT2D eigenvalue weighted by Crippen LogP contribution is -2.40. The summed E-state index contributed by atoms with van der Waals surface area (Å²) in [5.74, 6) is -2.34. The number of hydrogen-bond donors (Lipinski definition) is 5. The van der Waals surface area contributed by atoms with E-state index in [0.717, 1.165) is 16.7 Å². The van der Waals surface area contributed by atoms with E-state index in [2.05, 4.69) is 20.8 Å². The molecule has 0 aliphatic heterocycles. The van der Waals surface area contributed by atoms with Crippen LogP contribution in [-0.4, -0.2) is 82.4 Å². The number of benzene rings is 2. The lowest BCUT2D eigenvalue weighted by molar-refractivity contribution is -0.147. The van der Waals surface area contributed by atoms with Gasteiger partial charge in [0.15, 0.2) is 11.8 Å². The van der Waals surface area contributed by atoms with Crippen LogP contribution in [0.1, 0.15) is 33.0 Å². The Morgan fingerprint density at radius 2 is 1.67 bits per heavy atom. The quantitative estimate of drug-likeness (QED) is 0.257. The zero-order chi connectivity index (χ0) is 26.1. The van der Waals surface area contributed by atoms with Gasteiger partial charge in [0, 0.05) is 31.6 Å². The van der Waals surface area contributed by atoms with Crippen LogP contribution in [0.15, 0.2) is 60.7 Å². The number of amides is 2. The molecule has 1 aromatic heterocycles. The number of carboxylic acid groups (broad SMARTS) is 1. The van der Waals surface area contributed by atoms with Crippen molar-refractivity contribution in [2.45, 2.75) is 25.0 Å². The van der Waals surface area contributed by atoms with Crippen LogP contribution in [0.4, 0.5) is 0 Å². The number of nitrogens with one attached hydrogen (secondary N) is 3. The van der Waals surface area contributed by atoms with Crippen molar-refractivity contribution in [2.24, 2.45) is 0 Å². The van der Waals surface area contributed by atoms with Crippen LogP contribution in [0.3, 0.4) is 0 Å². The lowest BCUT2D eigenvalue weighted by Gasteiger charge is -2.20. The fourth-order valence-electron chi connectivity index (χ4n) is 3.61. The summed E-state index contributed by atoms with van der Waals surface area (Å²) in [5, 5.41) is 31.0. The van der Waals surface area contributed by atoms with E-state index in [0.29, 0.717) is 19.5 Å². The molecule has 10 heteroatoms. The molecule has 0 bridgehead atoms. The van der Waals surface area contributed by atoms with Gasteiger partial charge in [-0.1, -0.05) is 54.6 Å². The van der Waals surface area contributed by atoms with E-state index in [1.165, 1.54) is 6.07 Å². The molecule has 36 heavy (non-hydrogen) atoms. The zero-order valence-corrected chi connectivity index (χ0v) is 20.3. The fourth-order valence-corrected chi connectivity index (χ4v) is 3.61. The summed E-state index contributed by atoms with van der Waals surface area (Å²) in [6, 6.07) is 18.2. The first-order valence-corrected chi connectivity index (χ1v) is 11.6. The Morgan fingerprint density at radius 3 is 2.31 bits per heavy atom. The molecule has 2 aromatic carbocycles. The summed E-state index contributed by atoms with van der Waals surface area (Å²) in [7, 11) is 3.78. The predicted octanol–water partition coefficient (Wildman–Crippen LogP) is 1.54. The molecule has 190 valence electrons. The van der Waals surface area contributed by atoms with Crippen LogP contribution >= 0.6 is 0 Å². The molecule has 3 rings (SSSR count). The van der Waals surface area contributed by atoms with Crippen LogP contribution < -0.4 is 10.6 Å². The molecular formula is C26H31N5O5. The van der Waals surface area contributed by atoms with Crippen molar-refractivity contribution in [2.75, 3.05) is 27.2 Å². The number of aromatic nitrogens is 2. The minimum absolute atomic E-state index is 0.0120. The van der Waals surface area contributed by atoms with E-state index in [1.54, 1.807) is 0 Å². The third kappa shape index (κ3) is 7.76. The molecule has 5 N–H and O–H groups in total. The molecule has 0 saturated carbocycles. The summed E-state index contributed by atoms with van der Waals surface area (Å²) >= 11 is 0. The molecule has 0 radical (unpaired) electrons. The second-order valence-electron chi connectivity index (χ2n) is 8.75. The number of hydrogen-bond acceptors (Lipinski definition) is 6. The number of carbonyl (C=O) groups is 3. The molecule has 0 spiro atoms. The summed E-state index contributed by atoms with van der Waals surface area (Å²) in [6.45, 7) is 1.09. The average molecular weight is 494 g/mol. The number of carboxylic acids is 1. The Balaban J connectivity index is 1.67. The molecule has 0 aliphatic carbocycles. The van der Waals surface area contributed by atoms with E-state index in [9.17, 15) is 19.5 Å². The monoisotopic (exact) mass is 493 g/mol. The third-order valence-electron chi connectivity index (χ3n) is 5.57. The van der Waals surface area contributed by atoms with Crippen molar-refractivity contribution < 1.29 is 24.6 Å². The first kappa shape index (κ1) is 26.6. The molecule has 0 saturated heterocycles. The fraction of sp³-hybridized carbons (Fsp3) is 0.308. The SMILES string of the molecule is CN(C)CCNC(=O)c1cc(C(=O)NC(Cc2ccc(-c3ccccc3)cc2)C[C@@H](O)C(=O)O)n[nH]1. The number of aliphatic hydroxyl groups is 1. The van der Waals surface area contributed by atoms with Gasteiger partial charge in [0.05, 0.1) is 0 Å². The number of H-pyrrole nitrogens is 1. The Labute approximate surface area is 209 Å². The van der Waals surface area contributed by atoms with E-state index in [1.807, 2.05) is 73.6 Å². The number of rotatable bonds is 12. The third-order valence-corrected chi connectivity index (χ3v) is 5.57. The summed E-state index contributed by atoms with van der Waals surface area (Å²) < 4.78 is 0. The molecule has 3 aromatic rings. The molecule has 2 amide bonds. The first-order chi connectivity index (χ1) is 17.2. The minimum atomic E-state index is -1.64. The van der Waals surface area contributed by atoms with Crippen LogP contribution in [0.2, 0.25) is 0 Å². The smallest absolute Gasteiger partial charge is 0.332 e. The Bertz CT molecular complexity index is 1160. The van der Waals surface area contributed by atoms with Crippen LogP contribution in [0, 0.1) is 0 Å². The maximum absolute atomic E-state index is 12.8. The lowest BCUT2D eigenvalue weighted by atomic mass is 9.97. The van der Waals surface area contributed by atoms with Crippen molar-refractivity contribution in [3.63, 3.8) is 0 Å². The highest BCUT2D eigenvalue weighted by atomic mass is 16.4. The van der Waals surface area contributed by atoms with E-state index in [4.69, 9.17) is 5.11 Å². The minimum Gasteiger partial charge on any atom is -0.479 e. The number of aromatic amines is 1. The van der Waals surface area contributed by atoms with Crippen molar-refractivity contribution >= 4 is 17.8 Å². The first-order valence-electron chi connectivity index (χ1n) is 11.6. The van der Waals surface area contributed by atoms with Gasteiger partial charge in [-0.3, -0.25) is 14.7 Å². The highest BCUT2D eigenvalue weighted by Crippen LogP contribution is 2.20. The van der Waals surface area contributed by atoms with E-state index < -0.39 is 24.0 Å². The second kappa shape index (κ2) is 12.6. The highest BCUT2D eigenvalue weighted by Gasteiger charge is 2.24. The highest BCUT2D eigenvalue weighted by molar-refractivity contribution is 5.97. The molecule has 0 fully saturated rings. The van der Waals surface area contributed by atoms with Gasteiger partial charge in [0.25, 0.3) is 11.8 Å². The summed E-state index contributed by atoms with van der Waals surface area (Å²) in [6.07, 6.45) is -1.53. The van der Waals surface area contributed by atoms with Gasteiger partial charge in [0.2, 0.25) is 0 Å². The van der Waals surface area contributed by atoms with Crippen molar-refractivity contribution in [3.8, 4) is 11.1 Å². The number of carbonyl (C=O) groups excluding carboxylic acids is 2. The van der Waals surface area contributed by atoms with Gasteiger partial charge >= 0.3 is 5.97 Å². The number of aliphatic hydroxyl groups excluding tert-OH is 1. The van der Waals surface area contributed by atoms with Crippen LogP contribution in [0.5, 0.6) is 0 Å². The maximum atomic E-state index is 12.8. The van der Waals surface area contributed by atoms with Gasteiger partial charge in [0.1, 0.15) is 5.69 Å². The average Bonchev–Trinajstić information content (AvgIpc) is 3.35. The Kier molecular flexibility index (Phi) is 9.32. The summed E-state index contributed by atoms with van der Waals surface area (Å²) in [5.41, 5.74) is 3.08. The maximum Gasteiger partial charge on any atom is 0.332 e. The number of likely N-dealkylation sites (N-methyl/N-ethyl adjacent to an activating group) is 1.